The van der Waals surface area contributed by atoms with Crippen molar-refractivity contribution in [2.75, 3.05) is 29.9 Å². The van der Waals surface area contributed by atoms with Crippen LogP contribution < -0.4 is 10.2 Å². The van der Waals surface area contributed by atoms with Crippen LogP contribution in [-0.2, 0) is 6.54 Å². The Hall–Kier alpha value is -3.00. The van der Waals surface area contributed by atoms with Crippen molar-refractivity contribution in [3.63, 3.8) is 0 Å². The molecule has 1 unspecified atom stereocenters. The predicted molar refractivity (Wildman–Crippen MR) is 119 cm³/mol. The van der Waals surface area contributed by atoms with Gasteiger partial charge in [0.1, 0.15) is 5.52 Å². The van der Waals surface area contributed by atoms with Crippen LogP contribution >= 0.6 is 0 Å². The van der Waals surface area contributed by atoms with Gasteiger partial charge in [0.25, 0.3) is 5.91 Å². The van der Waals surface area contributed by atoms with E-state index in [0.29, 0.717) is 29.5 Å². The van der Waals surface area contributed by atoms with Crippen molar-refractivity contribution >= 4 is 28.8 Å². The summed E-state index contributed by atoms with van der Waals surface area (Å²) in [6.45, 7) is 10.3. The van der Waals surface area contributed by atoms with Gasteiger partial charge < -0.3 is 15.2 Å². The van der Waals surface area contributed by atoms with Crippen LogP contribution in [0.15, 0.2) is 30.6 Å². The van der Waals surface area contributed by atoms with Crippen LogP contribution in [0.2, 0.25) is 0 Å². The number of rotatable bonds is 9. The molecule has 0 bridgehead atoms. The number of benzene rings is 1. The van der Waals surface area contributed by atoms with E-state index in [0.717, 1.165) is 43.6 Å². The summed E-state index contributed by atoms with van der Waals surface area (Å²) in [5.41, 5.74) is 3.02. The van der Waals surface area contributed by atoms with Crippen LogP contribution in [0.3, 0.4) is 0 Å². The third kappa shape index (κ3) is 4.00. The van der Waals surface area contributed by atoms with Crippen LogP contribution in [-0.4, -0.2) is 56.4 Å². The average Bonchev–Trinajstić information content (AvgIpc) is 3.36. The van der Waals surface area contributed by atoms with Crippen molar-refractivity contribution in [1.29, 1.82) is 0 Å². The van der Waals surface area contributed by atoms with Gasteiger partial charge in [-0.1, -0.05) is 32.0 Å². The first kappa shape index (κ1) is 20.3. The maximum atomic E-state index is 12.9. The van der Waals surface area contributed by atoms with Gasteiger partial charge in [0.05, 0.1) is 12.9 Å². The normalized spacial score (nSPS) is 14.5. The monoisotopic (exact) mass is 407 g/mol. The van der Waals surface area contributed by atoms with Crippen molar-refractivity contribution in [2.45, 2.75) is 46.2 Å². The van der Waals surface area contributed by atoms with Gasteiger partial charge in [0.15, 0.2) is 11.5 Å². The van der Waals surface area contributed by atoms with Crippen molar-refractivity contribution in [3.8, 4) is 0 Å². The third-order valence-corrected chi connectivity index (χ3v) is 5.73. The highest BCUT2D eigenvalue weighted by Crippen LogP contribution is 2.29. The molecule has 3 heterocycles. The molecule has 0 spiro atoms. The van der Waals surface area contributed by atoms with Gasteiger partial charge in [-0.25, -0.2) is 4.98 Å². The van der Waals surface area contributed by atoms with Crippen molar-refractivity contribution in [3.05, 3.63) is 41.7 Å². The fourth-order valence-corrected chi connectivity index (χ4v) is 3.93. The summed E-state index contributed by atoms with van der Waals surface area (Å²) < 4.78 is 0. The van der Waals surface area contributed by atoms with Crippen LogP contribution in [0.1, 0.15) is 49.5 Å². The molecule has 8 heteroatoms. The van der Waals surface area contributed by atoms with Crippen LogP contribution in [0.4, 0.5) is 11.8 Å². The molecule has 2 aromatic heterocycles. The lowest BCUT2D eigenvalue weighted by Gasteiger charge is -2.21. The molecule has 0 saturated heterocycles. The first-order valence-electron chi connectivity index (χ1n) is 10.7. The number of amides is 1. The van der Waals surface area contributed by atoms with Gasteiger partial charge in [-0.15, -0.1) is 0 Å². The molecule has 1 atom stereocenters. The highest BCUT2D eigenvalue weighted by atomic mass is 16.2. The highest BCUT2D eigenvalue weighted by molar-refractivity contribution is 6.09. The number of nitrogens with zero attached hydrogens (tertiary/aromatic N) is 5. The van der Waals surface area contributed by atoms with Gasteiger partial charge >= 0.3 is 0 Å². The van der Waals surface area contributed by atoms with Crippen molar-refractivity contribution in [1.82, 2.24) is 24.8 Å². The topological polar surface area (TPSA) is 90.0 Å². The molecular weight excluding hydrogens is 378 g/mol. The first-order chi connectivity index (χ1) is 14.6. The molecule has 1 amide bonds. The largest absolute Gasteiger partial charge is 0.366 e. The van der Waals surface area contributed by atoms with Gasteiger partial charge in [-0.3, -0.25) is 9.69 Å². The molecule has 0 aliphatic carbocycles. The van der Waals surface area contributed by atoms with Gasteiger partial charge in [-0.05, 0) is 51.0 Å². The molecule has 158 valence electrons. The fraction of sp³-hybridized carbons (Fsp3) is 0.455. The maximum absolute atomic E-state index is 12.9. The quantitative estimate of drug-likeness (QED) is 0.565. The number of hydrogen-bond acceptors (Lipinski definition) is 6. The zero-order valence-electron chi connectivity index (χ0n) is 17.9. The van der Waals surface area contributed by atoms with E-state index in [4.69, 9.17) is 4.98 Å². The Bertz CT molecular complexity index is 1030. The summed E-state index contributed by atoms with van der Waals surface area (Å²) in [7, 11) is 0. The minimum atomic E-state index is -0.0706. The second-order valence-electron chi connectivity index (χ2n) is 7.74. The second kappa shape index (κ2) is 8.79. The zero-order chi connectivity index (χ0) is 21.1. The van der Waals surface area contributed by atoms with E-state index in [9.17, 15) is 4.79 Å². The van der Waals surface area contributed by atoms with E-state index in [2.05, 4.69) is 45.9 Å². The summed E-state index contributed by atoms with van der Waals surface area (Å²) in [4.78, 5) is 33.6. The fourth-order valence-electron chi connectivity index (χ4n) is 3.93. The van der Waals surface area contributed by atoms with Crippen molar-refractivity contribution in [2.24, 2.45) is 0 Å². The molecule has 0 saturated carbocycles. The molecule has 1 aromatic carbocycles. The van der Waals surface area contributed by atoms with Crippen LogP contribution in [0.5, 0.6) is 0 Å². The number of carbonyl (C=O) groups is 1. The van der Waals surface area contributed by atoms with Gasteiger partial charge in [0, 0.05) is 11.6 Å². The Balaban J connectivity index is 1.52. The summed E-state index contributed by atoms with van der Waals surface area (Å²) in [6, 6.07) is 7.88. The van der Waals surface area contributed by atoms with Crippen LogP contribution in [0.25, 0.3) is 11.2 Å². The molecule has 8 nitrogen and oxygen atoms in total. The number of aromatic nitrogens is 4. The molecule has 3 aromatic rings. The van der Waals surface area contributed by atoms with E-state index in [1.807, 2.05) is 24.3 Å². The predicted octanol–water partition coefficient (Wildman–Crippen LogP) is 3.44. The number of H-pyrrole nitrogens is 1. The SMILES string of the molecule is CCN(CC)CCCC(C)Nc1nc(N2Cc3ccccc3C2=O)nc2nc[nH]c12. The summed E-state index contributed by atoms with van der Waals surface area (Å²) in [5.74, 6) is 0.999. The Labute approximate surface area is 176 Å². The number of imidazole rings is 1. The first-order valence-corrected chi connectivity index (χ1v) is 10.7. The van der Waals surface area contributed by atoms with Gasteiger partial charge in [-0.2, -0.15) is 9.97 Å². The van der Waals surface area contributed by atoms with Gasteiger partial charge in [0.2, 0.25) is 5.95 Å². The lowest BCUT2D eigenvalue weighted by atomic mass is 10.1. The number of aromatic amines is 1. The lowest BCUT2D eigenvalue weighted by Crippen LogP contribution is -2.27. The van der Waals surface area contributed by atoms with Crippen LogP contribution in [0, 0.1) is 0 Å². The molecule has 1 aliphatic heterocycles. The van der Waals surface area contributed by atoms with E-state index in [1.165, 1.54) is 0 Å². The number of anilines is 2. The summed E-state index contributed by atoms with van der Waals surface area (Å²) >= 11 is 0. The highest BCUT2D eigenvalue weighted by Gasteiger charge is 2.30. The van der Waals surface area contributed by atoms with E-state index >= 15 is 0 Å². The molecule has 0 radical (unpaired) electrons. The minimum absolute atomic E-state index is 0.0706. The molecular formula is C22H29N7O. The smallest absolute Gasteiger partial charge is 0.261 e. The maximum Gasteiger partial charge on any atom is 0.261 e. The van der Waals surface area contributed by atoms with E-state index in [-0.39, 0.29) is 11.9 Å². The molecule has 1 aliphatic rings. The van der Waals surface area contributed by atoms with Crippen molar-refractivity contribution < 1.29 is 4.79 Å². The third-order valence-electron chi connectivity index (χ3n) is 5.73. The Morgan fingerprint density at radius 3 is 2.80 bits per heavy atom. The summed E-state index contributed by atoms with van der Waals surface area (Å²) in [5, 5.41) is 3.50. The molecule has 0 fully saturated rings. The minimum Gasteiger partial charge on any atom is -0.366 e. The molecule has 4 rings (SSSR count). The Morgan fingerprint density at radius 1 is 1.23 bits per heavy atom. The van der Waals surface area contributed by atoms with E-state index < -0.39 is 0 Å². The second-order valence-corrected chi connectivity index (χ2v) is 7.74. The number of carbonyl (C=O) groups excluding carboxylic acids is 1. The number of fused-ring (bicyclic) bond motifs is 2. The Morgan fingerprint density at radius 2 is 2.03 bits per heavy atom. The molecule has 30 heavy (non-hydrogen) atoms. The Kier molecular flexibility index (Phi) is 5.94. The standard InChI is InChI=1S/C22H29N7O/c1-4-28(5-2)12-8-9-15(3)25-20-18-19(24-14-23-18)26-22(27-20)29-13-16-10-6-7-11-17(16)21(29)30/h6-7,10-11,14-15H,4-5,8-9,12-13H2,1-3H3,(H2,23,24,25,26,27). The lowest BCUT2D eigenvalue weighted by molar-refractivity contribution is 0.0995. The average molecular weight is 408 g/mol. The molecule has 2 N–H and O–H groups in total. The van der Waals surface area contributed by atoms with E-state index in [1.54, 1.807) is 11.2 Å². The zero-order valence-corrected chi connectivity index (χ0v) is 17.9. The number of hydrogen-bond donors (Lipinski definition) is 2. The number of nitrogens with one attached hydrogen (secondary N) is 2. The summed E-state index contributed by atoms with van der Waals surface area (Å²) in [6.07, 6.45) is 3.75.